The van der Waals surface area contributed by atoms with Crippen LogP contribution in [-0.2, 0) is 4.74 Å². The van der Waals surface area contributed by atoms with E-state index in [0.717, 1.165) is 25.7 Å². The molecule has 0 bridgehead atoms. The summed E-state index contributed by atoms with van der Waals surface area (Å²) in [6, 6.07) is 0.390. The first-order chi connectivity index (χ1) is 10.1. The van der Waals surface area contributed by atoms with Gasteiger partial charge in [-0.05, 0) is 31.6 Å². The maximum absolute atomic E-state index is 12.0. The summed E-state index contributed by atoms with van der Waals surface area (Å²) < 4.78 is 4.70. The fraction of sp³-hybridized carbons (Fsp3) is 0.867. The maximum atomic E-state index is 12.0. The fourth-order valence-electron chi connectivity index (χ4n) is 3.31. The summed E-state index contributed by atoms with van der Waals surface area (Å²) in [7, 11) is 1.39. The van der Waals surface area contributed by atoms with Crippen molar-refractivity contribution in [2.45, 2.75) is 57.5 Å². The molecule has 2 aliphatic rings. The monoisotopic (exact) mass is 297 g/mol. The van der Waals surface area contributed by atoms with Crippen molar-refractivity contribution < 1.29 is 14.3 Å². The van der Waals surface area contributed by atoms with Gasteiger partial charge in [-0.3, -0.25) is 0 Å². The van der Waals surface area contributed by atoms with Crippen molar-refractivity contribution >= 4 is 12.1 Å². The highest BCUT2D eigenvalue weighted by Gasteiger charge is 2.25. The molecule has 0 spiro atoms. The second-order valence-corrected chi connectivity index (χ2v) is 6.32. The van der Waals surface area contributed by atoms with Gasteiger partial charge in [0.15, 0.2) is 0 Å². The molecule has 0 radical (unpaired) electrons. The normalized spacial score (nSPS) is 27.0. The quantitative estimate of drug-likeness (QED) is 0.820. The number of urea groups is 1. The van der Waals surface area contributed by atoms with Gasteiger partial charge in [0.25, 0.3) is 0 Å². The Morgan fingerprint density at radius 1 is 1.05 bits per heavy atom. The summed E-state index contributed by atoms with van der Waals surface area (Å²) in [5.41, 5.74) is 0. The van der Waals surface area contributed by atoms with E-state index in [2.05, 4.69) is 17.6 Å². The number of amides is 3. The van der Waals surface area contributed by atoms with E-state index in [9.17, 15) is 9.59 Å². The lowest BCUT2D eigenvalue weighted by Crippen LogP contribution is -2.51. The average Bonchev–Trinajstić information content (AvgIpc) is 2.47. The van der Waals surface area contributed by atoms with Crippen LogP contribution in [0.1, 0.15) is 45.4 Å². The van der Waals surface area contributed by atoms with E-state index in [1.165, 1.54) is 20.0 Å². The molecular weight excluding hydrogens is 270 g/mol. The zero-order chi connectivity index (χ0) is 15.2. The first-order valence-electron chi connectivity index (χ1n) is 7.98. The summed E-state index contributed by atoms with van der Waals surface area (Å²) in [4.78, 5) is 25.1. The number of nitrogens with one attached hydrogen (secondary N) is 2. The van der Waals surface area contributed by atoms with E-state index in [1.807, 2.05) is 0 Å². The van der Waals surface area contributed by atoms with E-state index >= 15 is 0 Å². The number of carbonyl (C=O) groups excluding carboxylic acids is 2. The van der Waals surface area contributed by atoms with Crippen molar-refractivity contribution in [3.05, 3.63) is 0 Å². The van der Waals surface area contributed by atoms with Crippen LogP contribution >= 0.6 is 0 Å². The Bertz CT molecular complexity index is 367. The van der Waals surface area contributed by atoms with E-state index in [0.29, 0.717) is 25.0 Å². The molecule has 2 fully saturated rings. The summed E-state index contributed by atoms with van der Waals surface area (Å²) in [5.74, 6) is 0.701. The maximum Gasteiger partial charge on any atom is 0.409 e. The minimum Gasteiger partial charge on any atom is -0.453 e. The van der Waals surface area contributed by atoms with Gasteiger partial charge in [0.1, 0.15) is 0 Å². The summed E-state index contributed by atoms with van der Waals surface area (Å²) >= 11 is 0. The van der Waals surface area contributed by atoms with Gasteiger partial charge in [0.2, 0.25) is 0 Å². The lowest BCUT2D eigenvalue weighted by molar-refractivity contribution is 0.110. The smallest absolute Gasteiger partial charge is 0.409 e. The number of nitrogens with zero attached hydrogens (tertiary/aromatic N) is 1. The highest BCUT2D eigenvalue weighted by molar-refractivity contribution is 5.74. The Labute approximate surface area is 126 Å². The number of methoxy groups -OCH3 is 1. The summed E-state index contributed by atoms with van der Waals surface area (Å²) in [6.07, 6.45) is 5.91. The van der Waals surface area contributed by atoms with Crippen LogP contribution in [-0.4, -0.2) is 49.3 Å². The molecular formula is C15H27N3O3. The minimum atomic E-state index is -0.283. The first-order valence-corrected chi connectivity index (χ1v) is 7.98. The molecule has 1 saturated carbocycles. The molecule has 1 heterocycles. The third-order valence-electron chi connectivity index (χ3n) is 4.53. The fourth-order valence-corrected chi connectivity index (χ4v) is 3.31. The molecule has 21 heavy (non-hydrogen) atoms. The first kappa shape index (κ1) is 15.9. The molecule has 0 aromatic carbocycles. The number of carbonyl (C=O) groups is 2. The number of hydrogen-bond acceptors (Lipinski definition) is 3. The molecule has 0 unspecified atom stereocenters. The molecule has 2 atom stereocenters. The molecule has 6 nitrogen and oxygen atoms in total. The van der Waals surface area contributed by atoms with Crippen LogP contribution in [0, 0.1) is 5.92 Å². The van der Waals surface area contributed by atoms with Gasteiger partial charge >= 0.3 is 12.1 Å². The van der Waals surface area contributed by atoms with Crippen LogP contribution in [0.15, 0.2) is 0 Å². The predicted molar refractivity (Wildman–Crippen MR) is 80.1 cm³/mol. The number of hydrogen-bond donors (Lipinski definition) is 2. The molecule has 1 aliphatic carbocycles. The summed E-state index contributed by atoms with van der Waals surface area (Å²) in [5, 5.41) is 6.12. The van der Waals surface area contributed by atoms with Crippen molar-refractivity contribution in [2.75, 3.05) is 20.2 Å². The lowest BCUT2D eigenvalue weighted by atomic mass is 9.87. The van der Waals surface area contributed by atoms with E-state index in [1.54, 1.807) is 4.90 Å². The van der Waals surface area contributed by atoms with Crippen LogP contribution in [0.2, 0.25) is 0 Å². The molecule has 0 aromatic heterocycles. The van der Waals surface area contributed by atoms with Crippen LogP contribution < -0.4 is 10.6 Å². The number of piperidine rings is 1. The van der Waals surface area contributed by atoms with Crippen LogP contribution in [0.3, 0.4) is 0 Å². The highest BCUT2D eigenvalue weighted by Crippen LogP contribution is 2.23. The van der Waals surface area contributed by atoms with Crippen LogP contribution in [0.4, 0.5) is 9.59 Å². The van der Waals surface area contributed by atoms with Crippen molar-refractivity contribution in [2.24, 2.45) is 5.92 Å². The third-order valence-corrected chi connectivity index (χ3v) is 4.53. The number of ether oxygens (including phenoxy) is 1. The van der Waals surface area contributed by atoms with Gasteiger partial charge in [-0.2, -0.15) is 0 Å². The molecule has 2 N–H and O–H groups in total. The molecule has 1 saturated heterocycles. The van der Waals surface area contributed by atoms with E-state index in [-0.39, 0.29) is 18.2 Å². The van der Waals surface area contributed by atoms with Gasteiger partial charge in [-0.15, -0.1) is 0 Å². The van der Waals surface area contributed by atoms with Crippen LogP contribution in [0.5, 0.6) is 0 Å². The Balaban J connectivity index is 1.68. The van der Waals surface area contributed by atoms with Gasteiger partial charge in [-0.1, -0.05) is 19.8 Å². The summed E-state index contributed by atoms with van der Waals surface area (Å²) in [6.45, 7) is 3.52. The second kappa shape index (κ2) is 7.52. The van der Waals surface area contributed by atoms with Crippen molar-refractivity contribution in [1.29, 1.82) is 0 Å². The third kappa shape index (κ3) is 4.79. The molecule has 2 rings (SSSR count). The zero-order valence-corrected chi connectivity index (χ0v) is 13.1. The Morgan fingerprint density at radius 3 is 2.33 bits per heavy atom. The van der Waals surface area contributed by atoms with E-state index in [4.69, 9.17) is 4.74 Å². The zero-order valence-electron chi connectivity index (χ0n) is 13.1. The predicted octanol–water partition coefficient (Wildman–Crippen LogP) is 2.10. The Hall–Kier alpha value is -1.46. The number of likely N-dealkylation sites (tertiary alicyclic amines) is 1. The van der Waals surface area contributed by atoms with Gasteiger partial charge in [0.05, 0.1) is 7.11 Å². The highest BCUT2D eigenvalue weighted by atomic mass is 16.5. The Kier molecular flexibility index (Phi) is 5.70. The van der Waals surface area contributed by atoms with Gasteiger partial charge in [0, 0.05) is 25.2 Å². The molecule has 6 heteroatoms. The molecule has 1 aliphatic heterocycles. The van der Waals surface area contributed by atoms with E-state index < -0.39 is 0 Å². The van der Waals surface area contributed by atoms with Crippen LogP contribution in [0.25, 0.3) is 0 Å². The standard InChI is InChI=1S/C15H27N3O3/c1-11-4-3-5-13(10-11)17-14(19)16-12-6-8-18(9-7-12)15(20)21-2/h11-13H,3-10H2,1-2H3,(H2,16,17,19)/t11-,13-/m0/s1. The largest absolute Gasteiger partial charge is 0.453 e. The van der Waals surface area contributed by atoms with Crippen molar-refractivity contribution in [3.63, 3.8) is 0 Å². The lowest BCUT2D eigenvalue weighted by Gasteiger charge is -2.32. The van der Waals surface area contributed by atoms with Gasteiger partial charge < -0.3 is 20.3 Å². The van der Waals surface area contributed by atoms with Crippen molar-refractivity contribution in [1.82, 2.24) is 15.5 Å². The SMILES string of the molecule is COC(=O)N1CCC(NC(=O)N[C@H]2CCC[C@H](C)C2)CC1. The van der Waals surface area contributed by atoms with Gasteiger partial charge in [-0.25, -0.2) is 9.59 Å². The minimum absolute atomic E-state index is 0.0642. The second-order valence-electron chi connectivity index (χ2n) is 6.32. The molecule has 0 aromatic rings. The number of rotatable bonds is 2. The molecule has 120 valence electrons. The average molecular weight is 297 g/mol. The topological polar surface area (TPSA) is 70.7 Å². The Morgan fingerprint density at radius 2 is 1.71 bits per heavy atom. The molecule has 3 amide bonds. The van der Waals surface area contributed by atoms with Crippen molar-refractivity contribution in [3.8, 4) is 0 Å².